The van der Waals surface area contributed by atoms with Crippen LogP contribution >= 0.6 is 11.8 Å². The molecule has 29 heavy (non-hydrogen) atoms. The van der Waals surface area contributed by atoms with E-state index in [-0.39, 0.29) is 17.2 Å². The number of nitrogens with zero attached hydrogens (tertiary/aromatic N) is 4. The van der Waals surface area contributed by atoms with Gasteiger partial charge in [0.05, 0.1) is 5.75 Å². The first-order chi connectivity index (χ1) is 13.9. The molecule has 1 saturated heterocycles. The van der Waals surface area contributed by atoms with E-state index < -0.39 is 0 Å². The zero-order chi connectivity index (χ0) is 20.4. The standard InChI is InChI=1S/C23H28N4OS/c1-23(2,3)18-9-11-19(12-10-18)29-16-21(28)26-13-6-7-17(15-26)22-25-24-20-8-4-5-14-27(20)22/h4-5,8-12,14,17H,6-7,13,15-16H2,1-3H3/t17-/m0/s1. The van der Waals surface area contributed by atoms with Gasteiger partial charge in [-0.05, 0) is 48.1 Å². The van der Waals surface area contributed by atoms with Crippen LogP contribution in [0.25, 0.3) is 5.65 Å². The smallest absolute Gasteiger partial charge is 0.232 e. The number of amides is 1. The van der Waals surface area contributed by atoms with Crippen LogP contribution in [-0.2, 0) is 10.2 Å². The second-order valence-electron chi connectivity index (χ2n) is 8.73. The van der Waals surface area contributed by atoms with Gasteiger partial charge in [0, 0.05) is 30.1 Å². The van der Waals surface area contributed by atoms with Crippen LogP contribution < -0.4 is 0 Å². The number of carbonyl (C=O) groups is 1. The van der Waals surface area contributed by atoms with Gasteiger partial charge in [0.2, 0.25) is 5.91 Å². The van der Waals surface area contributed by atoms with Crippen molar-refractivity contribution < 1.29 is 4.79 Å². The van der Waals surface area contributed by atoms with Gasteiger partial charge in [-0.1, -0.05) is 39.0 Å². The molecular weight excluding hydrogens is 380 g/mol. The largest absolute Gasteiger partial charge is 0.341 e. The number of aromatic nitrogens is 3. The van der Waals surface area contributed by atoms with E-state index in [4.69, 9.17) is 0 Å². The predicted octanol–water partition coefficient (Wildman–Crippen LogP) is 4.53. The summed E-state index contributed by atoms with van der Waals surface area (Å²) in [6, 6.07) is 14.5. The number of piperidine rings is 1. The molecule has 152 valence electrons. The van der Waals surface area contributed by atoms with Crippen molar-refractivity contribution in [3.63, 3.8) is 0 Å². The van der Waals surface area contributed by atoms with Crippen molar-refractivity contribution in [2.75, 3.05) is 18.8 Å². The first kappa shape index (κ1) is 20.0. The average Bonchev–Trinajstić information content (AvgIpc) is 3.16. The molecule has 0 saturated carbocycles. The van der Waals surface area contributed by atoms with E-state index >= 15 is 0 Å². The first-order valence-electron chi connectivity index (χ1n) is 10.2. The topological polar surface area (TPSA) is 50.5 Å². The van der Waals surface area contributed by atoms with E-state index in [1.54, 1.807) is 11.8 Å². The van der Waals surface area contributed by atoms with Crippen molar-refractivity contribution in [2.24, 2.45) is 0 Å². The maximum absolute atomic E-state index is 12.8. The zero-order valence-electron chi connectivity index (χ0n) is 17.3. The summed E-state index contributed by atoms with van der Waals surface area (Å²) >= 11 is 1.62. The van der Waals surface area contributed by atoms with E-state index in [2.05, 4.69) is 55.2 Å². The second-order valence-corrected chi connectivity index (χ2v) is 9.78. The van der Waals surface area contributed by atoms with Gasteiger partial charge in [-0.15, -0.1) is 22.0 Å². The minimum absolute atomic E-state index is 0.147. The van der Waals surface area contributed by atoms with E-state index in [1.165, 1.54) is 5.56 Å². The quantitative estimate of drug-likeness (QED) is 0.596. The Hall–Kier alpha value is -2.34. The molecule has 1 aliphatic heterocycles. The van der Waals surface area contributed by atoms with Crippen molar-refractivity contribution >= 4 is 23.3 Å². The number of rotatable bonds is 4. The number of pyridine rings is 1. The number of carbonyl (C=O) groups excluding carboxylic acids is 1. The minimum atomic E-state index is 0.147. The van der Waals surface area contributed by atoms with E-state index in [9.17, 15) is 4.79 Å². The summed E-state index contributed by atoms with van der Waals surface area (Å²) in [5, 5.41) is 8.67. The Bertz CT molecular complexity index is 990. The summed E-state index contributed by atoms with van der Waals surface area (Å²) < 4.78 is 2.05. The molecule has 3 aromatic rings. The molecule has 2 aromatic heterocycles. The molecule has 0 spiro atoms. The van der Waals surface area contributed by atoms with Crippen molar-refractivity contribution in [2.45, 2.75) is 49.8 Å². The molecular formula is C23H28N4OS. The number of hydrogen-bond acceptors (Lipinski definition) is 4. The van der Waals surface area contributed by atoms with Crippen LogP contribution in [0, 0.1) is 0 Å². The normalized spacial score (nSPS) is 17.6. The van der Waals surface area contributed by atoms with Crippen LogP contribution in [-0.4, -0.2) is 44.2 Å². The van der Waals surface area contributed by atoms with Crippen molar-refractivity contribution in [3.8, 4) is 0 Å². The average molecular weight is 409 g/mol. The van der Waals surface area contributed by atoms with Gasteiger partial charge in [0.15, 0.2) is 5.65 Å². The summed E-state index contributed by atoms with van der Waals surface area (Å²) in [5.74, 6) is 1.88. The molecule has 6 heteroatoms. The fraction of sp³-hybridized carbons (Fsp3) is 0.435. The molecule has 1 amide bonds. The number of benzene rings is 1. The summed E-state index contributed by atoms with van der Waals surface area (Å²) in [4.78, 5) is 16.0. The second kappa shape index (κ2) is 8.19. The molecule has 4 rings (SSSR count). The fourth-order valence-electron chi connectivity index (χ4n) is 3.84. The number of likely N-dealkylation sites (tertiary alicyclic amines) is 1. The maximum Gasteiger partial charge on any atom is 0.232 e. The third-order valence-electron chi connectivity index (χ3n) is 5.56. The lowest BCUT2D eigenvalue weighted by atomic mass is 9.87. The number of hydrogen-bond donors (Lipinski definition) is 0. The Kier molecular flexibility index (Phi) is 5.63. The molecule has 0 radical (unpaired) electrons. The Morgan fingerprint density at radius 2 is 1.93 bits per heavy atom. The molecule has 1 atom stereocenters. The lowest BCUT2D eigenvalue weighted by Crippen LogP contribution is -2.40. The van der Waals surface area contributed by atoms with Crippen LogP contribution in [0.4, 0.5) is 0 Å². The van der Waals surface area contributed by atoms with Crippen molar-refractivity contribution in [1.82, 2.24) is 19.5 Å². The lowest BCUT2D eigenvalue weighted by Gasteiger charge is -2.32. The highest BCUT2D eigenvalue weighted by atomic mass is 32.2. The maximum atomic E-state index is 12.8. The highest BCUT2D eigenvalue weighted by Gasteiger charge is 2.27. The third kappa shape index (κ3) is 4.47. The van der Waals surface area contributed by atoms with Gasteiger partial charge < -0.3 is 4.90 Å². The summed E-state index contributed by atoms with van der Waals surface area (Å²) in [6.45, 7) is 8.19. The van der Waals surface area contributed by atoms with Crippen LogP contribution in [0.2, 0.25) is 0 Å². The van der Waals surface area contributed by atoms with E-state index in [0.29, 0.717) is 5.75 Å². The fourth-order valence-corrected chi connectivity index (χ4v) is 4.64. The van der Waals surface area contributed by atoms with Crippen LogP contribution in [0.15, 0.2) is 53.6 Å². The molecule has 0 N–H and O–H groups in total. The lowest BCUT2D eigenvalue weighted by molar-refractivity contribution is -0.129. The van der Waals surface area contributed by atoms with E-state index in [0.717, 1.165) is 42.3 Å². The first-order valence-corrected chi connectivity index (χ1v) is 11.2. The Balaban J connectivity index is 1.38. The Morgan fingerprint density at radius 1 is 1.14 bits per heavy atom. The minimum Gasteiger partial charge on any atom is -0.341 e. The van der Waals surface area contributed by atoms with Crippen LogP contribution in [0.1, 0.15) is 50.9 Å². The highest BCUT2D eigenvalue weighted by Crippen LogP contribution is 2.28. The van der Waals surface area contributed by atoms with Crippen molar-refractivity contribution in [3.05, 3.63) is 60.0 Å². The Morgan fingerprint density at radius 3 is 2.69 bits per heavy atom. The number of thioether (sulfide) groups is 1. The summed E-state index contributed by atoms with van der Waals surface area (Å²) in [7, 11) is 0. The van der Waals surface area contributed by atoms with Gasteiger partial charge in [0.1, 0.15) is 5.82 Å². The van der Waals surface area contributed by atoms with Crippen LogP contribution in [0.5, 0.6) is 0 Å². The summed E-state index contributed by atoms with van der Waals surface area (Å²) in [5.41, 5.74) is 2.32. The molecule has 1 aliphatic rings. The van der Waals surface area contributed by atoms with Crippen LogP contribution in [0.3, 0.4) is 0 Å². The predicted molar refractivity (Wildman–Crippen MR) is 117 cm³/mol. The molecule has 5 nitrogen and oxygen atoms in total. The van der Waals surface area contributed by atoms with E-state index in [1.807, 2.05) is 33.7 Å². The zero-order valence-corrected chi connectivity index (χ0v) is 18.2. The van der Waals surface area contributed by atoms with Gasteiger partial charge in [0.25, 0.3) is 0 Å². The number of fused-ring (bicyclic) bond motifs is 1. The van der Waals surface area contributed by atoms with Gasteiger partial charge in [-0.2, -0.15) is 0 Å². The molecule has 0 aliphatic carbocycles. The molecule has 1 aromatic carbocycles. The highest BCUT2D eigenvalue weighted by molar-refractivity contribution is 8.00. The van der Waals surface area contributed by atoms with Gasteiger partial charge in [-0.3, -0.25) is 9.20 Å². The third-order valence-corrected chi connectivity index (χ3v) is 6.56. The monoisotopic (exact) mass is 408 g/mol. The van der Waals surface area contributed by atoms with Gasteiger partial charge >= 0.3 is 0 Å². The Labute approximate surface area is 176 Å². The molecule has 0 unspecified atom stereocenters. The molecule has 1 fully saturated rings. The molecule has 3 heterocycles. The SMILES string of the molecule is CC(C)(C)c1ccc(SCC(=O)N2CCC[C@H](c3nnc4ccccn34)C2)cc1. The van der Waals surface area contributed by atoms with Crippen molar-refractivity contribution in [1.29, 1.82) is 0 Å². The molecule has 0 bridgehead atoms. The van der Waals surface area contributed by atoms with Gasteiger partial charge in [-0.25, -0.2) is 0 Å². The summed E-state index contributed by atoms with van der Waals surface area (Å²) in [6.07, 6.45) is 4.05.